The molecule has 1 atom stereocenters. The fourth-order valence-corrected chi connectivity index (χ4v) is 4.81. The molecule has 35 heavy (non-hydrogen) atoms. The minimum absolute atomic E-state index is 0.126. The number of hydrogen-bond acceptors (Lipinski definition) is 4. The summed E-state index contributed by atoms with van der Waals surface area (Å²) in [5.41, 5.74) is 2.88. The standard InChI is InChI=1S/C29H33N3O3/c1-21-12-6-8-16-24(21)27(28(33)31-23-14-4-3-5-15-23)32(29(34)25-17-10-11-19-30-25)20-22-13-7-9-18-26(22)35-2/h6-13,16-19,23,27H,3-5,14-15,20H2,1-2H3,(H,31,33). The van der Waals surface area contributed by atoms with Crippen LogP contribution in [0.1, 0.15) is 65.3 Å². The van der Waals surface area contributed by atoms with E-state index in [9.17, 15) is 9.59 Å². The molecule has 0 radical (unpaired) electrons. The molecule has 0 aliphatic heterocycles. The molecule has 0 spiro atoms. The van der Waals surface area contributed by atoms with E-state index < -0.39 is 6.04 Å². The molecule has 1 aromatic heterocycles. The maximum absolute atomic E-state index is 13.9. The minimum Gasteiger partial charge on any atom is -0.496 e. The highest BCUT2D eigenvalue weighted by atomic mass is 16.5. The van der Waals surface area contributed by atoms with Gasteiger partial charge in [-0.3, -0.25) is 14.6 Å². The van der Waals surface area contributed by atoms with Gasteiger partial charge in [0.1, 0.15) is 17.5 Å². The number of nitrogens with zero attached hydrogens (tertiary/aromatic N) is 2. The van der Waals surface area contributed by atoms with E-state index >= 15 is 0 Å². The third-order valence-corrected chi connectivity index (χ3v) is 6.67. The minimum atomic E-state index is -0.808. The normalized spacial score (nSPS) is 14.7. The monoisotopic (exact) mass is 471 g/mol. The van der Waals surface area contributed by atoms with Crippen LogP contribution in [0, 0.1) is 6.92 Å². The van der Waals surface area contributed by atoms with E-state index in [0.717, 1.165) is 42.4 Å². The molecule has 2 amide bonds. The van der Waals surface area contributed by atoms with Crippen molar-refractivity contribution in [2.75, 3.05) is 7.11 Å². The van der Waals surface area contributed by atoms with E-state index in [1.165, 1.54) is 6.42 Å². The van der Waals surface area contributed by atoms with Gasteiger partial charge in [0.2, 0.25) is 5.91 Å². The van der Waals surface area contributed by atoms with Gasteiger partial charge >= 0.3 is 0 Å². The Labute approximate surface area is 207 Å². The number of aromatic nitrogens is 1. The van der Waals surface area contributed by atoms with Crippen LogP contribution < -0.4 is 10.1 Å². The summed E-state index contributed by atoms with van der Waals surface area (Å²) in [4.78, 5) is 33.8. The van der Waals surface area contributed by atoms with E-state index in [1.807, 2.05) is 55.5 Å². The van der Waals surface area contributed by atoms with Crippen molar-refractivity contribution in [1.29, 1.82) is 0 Å². The van der Waals surface area contributed by atoms with Gasteiger partial charge in [0, 0.05) is 17.8 Å². The van der Waals surface area contributed by atoms with Gasteiger partial charge in [0.25, 0.3) is 5.91 Å². The van der Waals surface area contributed by atoms with Gasteiger partial charge in [-0.2, -0.15) is 0 Å². The van der Waals surface area contributed by atoms with E-state index in [0.29, 0.717) is 11.4 Å². The lowest BCUT2D eigenvalue weighted by Gasteiger charge is -2.34. The van der Waals surface area contributed by atoms with Gasteiger partial charge < -0.3 is 15.0 Å². The number of methoxy groups -OCH3 is 1. The molecule has 182 valence electrons. The van der Waals surface area contributed by atoms with Crippen LogP contribution in [-0.4, -0.2) is 34.8 Å². The molecule has 0 saturated heterocycles. The van der Waals surface area contributed by atoms with Crippen molar-refractivity contribution in [3.8, 4) is 5.75 Å². The zero-order valence-electron chi connectivity index (χ0n) is 20.4. The van der Waals surface area contributed by atoms with Crippen LogP contribution >= 0.6 is 0 Å². The van der Waals surface area contributed by atoms with Gasteiger partial charge in [0.15, 0.2) is 0 Å². The first kappa shape index (κ1) is 24.5. The third-order valence-electron chi connectivity index (χ3n) is 6.67. The average Bonchev–Trinajstić information content (AvgIpc) is 2.90. The quantitative estimate of drug-likeness (QED) is 0.488. The summed E-state index contributed by atoms with van der Waals surface area (Å²) >= 11 is 0. The summed E-state index contributed by atoms with van der Waals surface area (Å²) < 4.78 is 5.57. The molecular weight excluding hydrogens is 438 g/mol. The molecule has 0 bridgehead atoms. The Hall–Kier alpha value is -3.67. The predicted molar refractivity (Wildman–Crippen MR) is 136 cm³/mol. The van der Waals surface area contributed by atoms with Gasteiger partial charge in [-0.15, -0.1) is 0 Å². The van der Waals surface area contributed by atoms with Crippen molar-refractivity contribution < 1.29 is 14.3 Å². The summed E-state index contributed by atoms with van der Waals surface area (Å²) in [5, 5.41) is 3.26. The fourth-order valence-electron chi connectivity index (χ4n) is 4.81. The Kier molecular flexibility index (Phi) is 8.14. The Morgan fingerprint density at radius 2 is 1.71 bits per heavy atom. The molecule has 1 N–H and O–H groups in total. The molecule has 1 heterocycles. The average molecular weight is 472 g/mol. The highest BCUT2D eigenvalue weighted by Gasteiger charge is 2.35. The van der Waals surface area contributed by atoms with Crippen LogP contribution in [0.15, 0.2) is 72.9 Å². The first-order valence-electron chi connectivity index (χ1n) is 12.3. The number of carbonyl (C=O) groups excluding carboxylic acids is 2. The summed E-state index contributed by atoms with van der Waals surface area (Å²) in [7, 11) is 1.61. The highest BCUT2D eigenvalue weighted by Crippen LogP contribution is 2.31. The van der Waals surface area contributed by atoms with Gasteiger partial charge in [0.05, 0.1) is 13.7 Å². The Morgan fingerprint density at radius 1 is 1.00 bits per heavy atom. The number of rotatable bonds is 8. The number of ether oxygens (including phenoxy) is 1. The summed E-state index contributed by atoms with van der Waals surface area (Å²) in [5.74, 6) is 0.205. The molecule has 4 rings (SSSR count). The van der Waals surface area contributed by atoms with Crippen molar-refractivity contribution in [3.05, 3.63) is 95.3 Å². The smallest absolute Gasteiger partial charge is 0.273 e. The number of nitrogens with one attached hydrogen (secondary N) is 1. The number of pyridine rings is 1. The van der Waals surface area contributed by atoms with Crippen molar-refractivity contribution in [3.63, 3.8) is 0 Å². The maximum Gasteiger partial charge on any atom is 0.273 e. The molecular formula is C29H33N3O3. The Bertz CT molecular complexity index is 1140. The number of benzene rings is 2. The first-order valence-corrected chi connectivity index (χ1v) is 12.3. The van der Waals surface area contributed by atoms with Crippen LogP contribution in [0.5, 0.6) is 5.75 Å². The summed E-state index contributed by atoms with van der Waals surface area (Å²) in [6.07, 6.45) is 6.94. The summed E-state index contributed by atoms with van der Waals surface area (Å²) in [6, 6.07) is 19.9. The van der Waals surface area contributed by atoms with Gasteiger partial charge in [-0.25, -0.2) is 0 Å². The SMILES string of the molecule is COc1ccccc1CN(C(=O)c1ccccn1)C(C(=O)NC1CCCCC1)c1ccccc1C. The van der Waals surface area contributed by atoms with Crippen molar-refractivity contribution in [2.45, 2.75) is 57.7 Å². The van der Waals surface area contributed by atoms with Gasteiger partial charge in [-0.1, -0.05) is 67.8 Å². The zero-order chi connectivity index (χ0) is 24.6. The van der Waals surface area contributed by atoms with Crippen LogP contribution in [0.2, 0.25) is 0 Å². The van der Waals surface area contributed by atoms with Crippen molar-refractivity contribution in [1.82, 2.24) is 15.2 Å². The van der Waals surface area contributed by atoms with Crippen LogP contribution in [0.3, 0.4) is 0 Å². The fraction of sp³-hybridized carbons (Fsp3) is 0.345. The molecule has 1 aliphatic carbocycles. The number of aryl methyl sites for hydroxylation is 1. The number of hydrogen-bond donors (Lipinski definition) is 1. The van der Waals surface area contributed by atoms with Crippen molar-refractivity contribution >= 4 is 11.8 Å². The molecule has 2 aromatic carbocycles. The topological polar surface area (TPSA) is 71.5 Å². The van der Waals surface area contributed by atoms with Gasteiger partial charge in [-0.05, 0) is 49.1 Å². The molecule has 3 aromatic rings. The zero-order valence-corrected chi connectivity index (χ0v) is 20.4. The lowest BCUT2D eigenvalue weighted by Crippen LogP contribution is -2.47. The second-order valence-corrected chi connectivity index (χ2v) is 9.06. The van der Waals surface area contributed by atoms with Crippen LogP contribution in [0.25, 0.3) is 0 Å². The molecule has 1 aliphatic rings. The molecule has 6 heteroatoms. The molecule has 1 fully saturated rings. The predicted octanol–water partition coefficient (Wildman–Crippen LogP) is 5.23. The van der Waals surface area contributed by atoms with Crippen molar-refractivity contribution in [2.24, 2.45) is 0 Å². The second-order valence-electron chi connectivity index (χ2n) is 9.06. The van der Waals surface area contributed by atoms with Crippen LogP contribution in [0.4, 0.5) is 0 Å². The lowest BCUT2D eigenvalue weighted by atomic mass is 9.93. The first-order chi connectivity index (χ1) is 17.1. The molecule has 1 saturated carbocycles. The van der Waals surface area contributed by atoms with E-state index in [4.69, 9.17) is 4.74 Å². The van der Waals surface area contributed by atoms with E-state index in [2.05, 4.69) is 10.3 Å². The second kappa shape index (κ2) is 11.6. The molecule has 6 nitrogen and oxygen atoms in total. The Morgan fingerprint density at radius 3 is 2.43 bits per heavy atom. The third kappa shape index (κ3) is 5.88. The van der Waals surface area contributed by atoms with Crippen LogP contribution in [-0.2, 0) is 11.3 Å². The number of para-hydroxylation sites is 1. The van der Waals surface area contributed by atoms with E-state index in [1.54, 1.807) is 36.4 Å². The maximum atomic E-state index is 13.9. The Balaban J connectivity index is 1.78. The number of amides is 2. The summed E-state index contributed by atoms with van der Waals surface area (Å²) in [6.45, 7) is 2.18. The highest BCUT2D eigenvalue weighted by molar-refractivity contribution is 5.96. The lowest BCUT2D eigenvalue weighted by molar-refractivity contribution is -0.127. The van der Waals surface area contributed by atoms with E-state index in [-0.39, 0.29) is 24.4 Å². The number of carbonyl (C=O) groups is 2. The molecule has 1 unspecified atom stereocenters. The largest absolute Gasteiger partial charge is 0.496 e.